The van der Waals surface area contributed by atoms with Crippen LogP contribution in [0.15, 0.2) is 24.3 Å². The molecule has 0 spiro atoms. The molecule has 0 aromatic heterocycles. The summed E-state index contributed by atoms with van der Waals surface area (Å²) < 4.78 is 5.19. The fourth-order valence-electron chi connectivity index (χ4n) is 2.88. The van der Waals surface area contributed by atoms with Crippen molar-refractivity contribution in [3.8, 4) is 0 Å². The maximum atomic E-state index is 12.9. The van der Waals surface area contributed by atoms with Gasteiger partial charge in [-0.05, 0) is 30.5 Å². The molecule has 1 saturated carbocycles. The van der Waals surface area contributed by atoms with Crippen LogP contribution in [-0.4, -0.2) is 47.7 Å². The summed E-state index contributed by atoms with van der Waals surface area (Å²) in [6, 6.07) is 6.37. The molecule has 3 N–H and O–H groups in total. The number of carbonyl (C=O) groups excluding carboxylic acids is 1. The number of carbonyl (C=O) groups is 2. The lowest BCUT2D eigenvalue weighted by Crippen LogP contribution is -2.55. The number of ether oxygens (including phenoxy) is 1. The van der Waals surface area contributed by atoms with E-state index in [-0.39, 0.29) is 12.5 Å². The second-order valence-electron chi connectivity index (χ2n) is 5.63. The van der Waals surface area contributed by atoms with Gasteiger partial charge in [-0.1, -0.05) is 12.1 Å². The van der Waals surface area contributed by atoms with Gasteiger partial charge in [0.1, 0.15) is 0 Å². The fraction of sp³-hybridized carbons (Fsp3) is 0.467. The Balaban J connectivity index is 1.86. The molecule has 3 rings (SSSR count). The quantitative estimate of drug-likeness (QED) is 0.796. The van der Waals surface area contributed by atoms with Gasteiger partial charge in [0.25, 0.3) is 0 Å². The van der Waals surface area contributed by atoms with Gasteiger partial charge >= 0.3 is 5.97 Å². The Labute approximate surface area is 122 Å². The van der Waals surface area contributed by atoms with Crippen LogP contribution in [0, 0.1) is 0 Å². The molecule has 6 heteroatoms. The lowest BCUT2D eigenvalue weighted by atomic mass is 9.93. The Kier molecular flexibility index (Phi) is 3.33. The first-order chi connectivity index (χ1) is 10.0. The number of carboxylic acid groups (broad SMARTS) is 1. The monoisotopic (exact) mass is 290 g/mol. The van der Waals surface area contributed by atoms with Crippen molar-refractivity contribution in [1.29, 1.82) is 0 Å². The summed E-state index contributed by atoms with van der Waals surface area (Å²) in [7, 11) is 0. The fourth-order valence-corrected chi connectivity index (χ4v) is 2.88. The maximum Gasteiger partial charge on any atom is 0.328 e. The molecule has 0 radical (unpaired) electrons. The van der Waals surface area contributed by atoms with Crippen LogP contribution in [0.2, 0.25) is 0 Å². The van der Waals surface area contributed by atoms with Gasteiger partial charge < -0.3 is 20.5 Å². The summed E-state index contributed by atoms with van der Waals surface area (Å²) in [5.41, 5.74) is 6.67. The average molecular weight is 290 g/mol. The van der Waals surface area contributed by atoms with Gasteiger partial charge in [0.2, 0.25) is 5.91 Å². The molecular formula is C15H18N2O4. The number of anilines is 1. The second-order valence-corrected chi connectivity index (χ2v) is 5.63. The van der Waals surface area contributed by atoms with E-state index in [4.69, 9.17) is 10.5 Å². The molecule has 6 nitrogen and oxygen atoms in total. The van der Waals surface area contributed by atoms with Crippen LogP contribution in [0.3, 0.4) is 0 Å². The summed E-state index contributed by atoms with van der Waals surface area (Å²) in [6.07, 6.45) is 1.50. The molecule has 1 saturated heterocycles. The summed E-state index contributed by atoms with van der Waals surface area (Å²) >= 11 is 0. The standard InChI is InChI=1S/C15H18N2O4/c16-11-3-1-10(2-4-11)15(5-6-15)14(20)17-7-8-21-9-12(17)13(18)19/h1-4,12H,5-9,16H2,(H,18,19). The summed E-state index contributed by atoms with van der Waals surface area (Å²) in [5, 5.41) is 9.26. The first-order valence-corrected chi connectivity index (χ1v) is 7.02. The number of aliphatic carboxylic acids is 1. The van der Waals surface area contributed by atoms with Crippen molar-refractivity contribution < 1.29 is 19.4 Å². The van der Waals surface area contributed by atoms with Crippen molar-refractivity contribution in [2.45, 2.75) is 24.3 Å². The van der Waals surface area contributed by atoms with E-state index in [1.54, 1.807) is 12.1 Å². The van der Waals surface area contributed by atoms with Crippen LogP contribution >= 0.6 is 0 Å². The van der Waals surface area contributed by atoms with Gasteiger partial charge in [-0.15, -0.1) is 0 Å². The molecule has 1 heterocycles. The smallest absolute Gasteiger partial charge is 0.328 e. The molecule has 1 amide bonds. The molecule has 2 fully saturated rings. The van der Waals surface area contributed by atoms with Crippen molar-refractivity contribution in [1.82, 2.24) is 4.90 Å². The number of nitrogens with zero attached hydrogens (tertiary/aromatic N) is 1. The zero-order chi connectivity index (χ0) is 15.0. The highest BCUT2D eigenvalue weighted by molar-refractivity contribution is 5.94. The number of nitrogens with two attached hydrogens (primary N) is 1. The molecule has 2 aliphatic rings. The van der Waals surface area contributed by atoms with Gasteiger partial charge in [-0.25, -0.2) is 4.79 Å². The van der Waals surface area contributed by atoms with Crippen LogP contribution in [0.5, 0.6) is 0 Å². The number of nitrogen functional groups attached to an aromatic ring is 1. The first kappa shape index (κ1) is 13.9. The highest BCUT2D eigenvalue weighted by Gasteiger charge is 2.54. The molecule has 1 aliphatic carbocycles. The van der Waals surface area contributed by atoms with E-state index in [0.717, 1.165) is 18.4 Å². The minimum Gasteiger partial charge on any atom is -0.480 e. The Bertz CT molecular complexity index is 566. The highest BCUT2D eigenvalue weighted by Crippen LogP contribution is 2.50. The number of amides is 1. The van der Waals surface area contributed by atoms with E-state index in [9.17, 15) is 14.7 Å². The van der Waals surface area contributed by atoms with Crippen LogP contribution < -0.4 is 5.73 Å². The topological polar surface area (TPSA) is 92.9 Å². The van der Waals surface area contributed by atoms with Crippen molar-refractivity contribution in [3.05, 3.63) is 29.8 Å². The predicted molar refractivity (Wildman–Crippen MR) is 75.7 cm³/mol. The molecule has 0 bridgehead atoms. The van der Waals surface area contributed by atoms with Crippen LogP contribution in [-0.2, 0) is 19.7 Å². The minimum absolute atomic E-state index is 0.0545. The molecule has 1 unspecified atom stereocenters. The Morgan fingerprint density at radius 3 is 2.52 bits per heavy atom. The molecular weight excluding hydrogens is 272 g/mol. The molecule has 1 atom stereocenters. The predicted octanol–water partition coefficient (Wildman–Crippen LogP) is 0.612. The minimum atomic E-state index is -1.02. The van der Waals surface area contributed by atoms with Crippen LogP contribution in [0.1, 0.15) is 18.4 Å². The highest BCUT2D eigenvalue weighted by atomic mass is 16.5. The number of hydrogen-bond acceptors (Lipinski definition) is 4. The number of morpholine rings is 1. The molecule has 112 valence electrons. The normalized spacial score (nSPS) is 23.6. The van der Waals surface area contributed by atoms with Crippen LogP contribution in [0.4, 0.5) is 5.69 Å². The number of rotatable bonds is 3. The van der Waals surface area contributed by atoms with E-state index in [2.05, 4.69) is 0 Å². The van der Waals surface area contributed by atoms with E-state index in [1.807, 2.05) is 12.1 Å². The lowest BCUT2D eigenvalue weighted by molar-refractivity contribution is -0.159. The van der Waals surface area contributed by atoms with Crippen molar-refractivity contribution >= 4 is 17.6 Å². The summed E-state index contributed by atoms with van der Waals surface area (Å²) in [5.74, 6) is -1.13. The van der Waals surface area contributed by atoms with Crippen molar-refractivity contribution in [2.24, 2.45) is 0 Å². The third kappa shape index (κ3) is 2.35. The number of benzene rings is 1. The average Bonchev–Trinajstić information content (AvgIpc) is 3.29. The molecule has 1 aromatic carbocycles. The van der Waals surface area contributed by atoms with Crippen LogP contribution in [0.25, 0.3) is 0 Å². The maximum absolute atomic E-state index is 12.9. The van der Waals surface area contributed by atoms with Gasteiger partial charge in [0.15, 0.2) is 6.04 Å². The summed E-state index contributed by atoms with van der Waals surface area (Å²) in [4.78, 5) is 25.6. The van der Waals surface area contributed by atoms with Crippen molar-refractivity contribution in [2.75, 3.05) is 25.5 Å². The lowest BCUT2D eigenvalue weighted by Gasteiger charge is -2.35. The Morgan fingerprint density at radius 2 is 1.95 bits per heavy atom. The largest absolute Gasteiger partial charge is 0.480 e. The third-order valence-corrected chi connectivity index (χ3v) is 4.30. The van der Waals surface area contributed by atoms with E-state index < -0.39 is 17.4 Å². The number of carboxylic acids is 1. The Hall–Kier alpha value is -2.08. The van der Waals surface area contributed by atoms with Gasteiger partial charge in [0, 0.05) is 12.2 Å². The SMILES string of the molecule is Nc1ccc(C2(C(=O)N3CCOCC3C(=O)O)CC2)cc1. The Morgan fingerprint density at radius 1 is 1.29 bits per heavy atom. The number of hydrogen-bond donors (Lipinski definition) is 2. The van der Waals surface area contributed by atoms with Gasteiger partial charge in [-0.2, -0.15) is 0 Å². The van der Waals surface area contributed by atoms with E-state index in [0.29, 0.717) is 18.8 Å². The van der Waals surface area contributed by atoms with Gasteiger partial charge in [0.05, 0.1) is 18.6 Å². The second kappa shape index (κ2) is 5.04. The van der Waals surface area contributed by atoms with E-state index >= 15 is 0 Å². The van der Waals surface area contributed by atoms with Gasteiger partial charge in [-0.3, -0.25) is 4.79 Å². The van der Waals surface area contributed by atoms with Crippen molar-refractivity contribution in [3.63, 3.8) is 0 Å². The summed E-state index contributed by atoms with van der Waals surface area (Å²) in [6.45, 7) is 0.763. The molecule has 1 aliphatic heterocycles. The zero-order valence-electron chi connectivity index (χ0n) is 11.6. The first-order valence-electron chi connectivity index (χ1n) is 7.02. The molecule has 21 heavy (non-hydrogen) atoms. The van der Waals surface area contributed by atoms with E-state index in [1.165, 1.54) is 4.90 Å². The molecule has 1 aromatic rings. The zero-order valence-corrected chi connectivity index (χ0v) is 11.6. The third-order valence-electron chi connectivity index (χ3n) is 4.30.